The minimum atomic E-state index is -0.235. The summed E-state index contributed by atoms with van der Waals surface area (Å²) < 4.78 is 7.68. The molecule has 8 heteroatoms. The lowest BCUT2D eigenvalue weighted by atomic mass is 10.0. The molecule has 3 rings (SSSR count). The molecule has 1 aromatic heterocycles. The number of hydrogen-bond donors (Lipinski definition) is 2. The molecule has 1 aromatic carbocycles. The molecule has 2 heterocycles. The summed E-state index contributed by atoms with van der Waals surface area (Å²) in [4.78, 5) is 11.5. The highest BCUT2D eigenvalue weighted by molar-refractivity contribution is 5.98. The van der Waals surface area contributed by atoms with Gasteiger partial charge in [0.05, 0.1) is 12.1 Å². The zero-order valence-electron chi connectivity index (χ0n) is 16.5. The number of carbonyl (C=O) groups is 1. The number of benzene rings is 1. The van der Waals surface area contributed by atoms with Crippen molar-refractivity contribution < 1.29 is 9.53 Å². The molecule has 1 aliphatic heterocycles. The molecule has 0 spiro atoms. The maximum absolute atomic E-state index is 11.5. The predicted octanol–water partition coefficient (Wildman–Crippen LogP) is 2.31. The Bertz CT molecular complexity index is 788. The van der Waals surface area contributed by atoms with Gasteiger partial charge in [-0.15, -0.1) is 5.10 Å². The third-order valence-corrected chi connectivity index (χ3v) is 5.01. The molecule has 1 saturated heterocycles. The normalized spacial score (nSPS) is 20.1. The summed E-state index contributed by atoms with van der Waals surface area (Å²) >= 11 is 0. The zero-order chi connectivity index (χ0) is 19.9. The maximum Gasteiger partial charge on any atom is 0.247 e. The van der Waals surface area contributed by atoms with E-state index in [-0.39, 0.29) is 18.1 Å². The fourth-order valence-electron chi connectivity index (χ4n) is 3.35. The van der Waals surface area contributed by atoms with E-state index in [9.17, 15) is 4.79 Å². The molecule has 1 unspecified atom stereocenters. The van der Waals surface area contributed by atoms with Crippen LogP contribution < -0.4 is 10.6 Å². The smallest absolute Gasteiger partial charge is 0.247 e. The molecule has 8 nitrogen and oxygen atoms in total. The quantitative estimate of drug-likeness (QED) is 0.645. The minimum absolute atomic E-state index is 0.165. The fourth-order valence-corrected chi connectivity index (χ4v) is 3.35. The van der Waals surface area contributed by atoms with Crippen molar-refractivity contribution >= 4 is 11.6 Å². The Morgan fingerprint density at radius 3 is 2.86 bits per heavy atom. The van der Waals surface area contributed by atoms with Gasteiger partial charge in [0.1, 0.15) is 0 Å². The van der Waals surface area contributed by atoms with Crippen LogP contribution in [0.5, 0.6) is 0 Å². The van der Waals surface area contributed by atoms with E-state index in [1.807, 2.05) is 28.9 Å². The zero-order valence-corrected chi connectivity index (χ0v) is 16.5. The van der Waals surface area contributed by atoms with E-state index in [2.05, 4.69) is 46.6 Å². The molecule has 1 aliphatic rings. The van der Waals surface area contributed by atoms with E-state index in [0.717, 1.165) is 43.9 Å². The lowest BCUT2D eigenvalue weighted by Crippen LogP contribution is -2.34. The Balaban J connectivity index is 1.81. The van der Waals surface area contributed by atoms with E-state index < -0.39 is 0 Å². The predicted molar refractivity (Wildman–Crippen MR) is 107 cm³/mol. The van der Waals surface area contributed by atoms with Crippen LogP contribution in [0, 0.1) is 5.92 Å². The van der Waals surface area contributed by atoms with Gasteiger partial charge in [0.15, 0.2) is 5.82 Å². The molecule has 0 aliphatic carbocycles. The summed E-state index contributed by atoms with van der Waals surface area (Å²) in [6.45, 7) is 10.1. The fraction of sp³-hybridized carbons (Fsp3) is 0.500. The second-order valence-electron chi connectivity index (χ2n) is 7.09. The van der Waals surface area contributed by atoms with Crippen molar-refractivity contribution in [3.05, 3.63) is 48.3 Å². The molecule has 0 radical (unpaired) electrons. The highest BCUT2D eigenvalue weighted by Gasteiger charge is 2.27. The minimum Gasteiger partial charge on any atom is -0.377 e. The summed E-state index contributed by atoms with van der Waals surface area (Å²) in [5.74, 6) is 1.06. The van der Waals surface area contributed by atoms with E-state index in [0.29, 0.717) is 11.6 Å². The standard InChI is InChI=1S/C20H28N6O2/c1-4-11-26-20(23-24-25-26)19(21-13-17-14(3)10-12-28-17)15-6-8-16(9-7-15)22-18(27)5-2/h5-9,14,17,19,21H,2,4,10-13H2,1,3H3,(H,22,27)/t14-,17-,19?/m0/s1. The van der Waals surface area contributed by atoms with Gasteiger partial charge in [-0.3, -0.25) is 4.79 Å². The van der Waals surface area contributed by atoms with Crippen molar-refractivity contribution in [2.75, 3.05) is 18.5 Å². The number of anilines is 1. The van der Waals surface area contributed by atoms with Crippen LogP contribution in [0.4, 0.5) is 5.69 Å². The Kier molecular flexibility index (Phi) is 6.89. The number of carbonyl (C=O) groups excluding carboxylic acids is 1. The lowest BCUT2D eigenvalue weighted by Gasteiger charge is -2.22. The maximum atomic E-state index is 11.5. The summed E-state index contributed by atoms with van der Waals surface area (Å²) in [6, 6.07) is 7.52. The van der Waals surface area contributed by atoms with Crippen LogP contribution in [0.3, 0.4) is 0 Å². The number of rotatable bonds is 9. The van der Waals surface area contributed by atoms with Crippen molar-refractivity contribution in [1.82, 2.24) is 25.5 Å². The number of amides is 1. The molecule has 28 heavy (non-hydrogen) atoms. The van der Waals surface area contributed by atoms with Crippen LogP contribution in [0.2, 0.25) is 0 Å². The van der Waals surface area contributed by atoms with E-state index >= 15 is 0 Å². The van der Waals surface area contributed by atoms with Crippen LogP contribution in [-0.4, -0.2) is 45.4 Å². The van der Waals surface area contributed by atoms with E-state index in [1.165, 1.54) is 6.08 Å². The molecule has 1 fully saturated rings. The van der Waals surface area contributed by atoms with Gasteiger partial charge in [-0.1, -0.05) is 32.6 Å². The summed E-state index contributed by atoms with van der Waals surface area (Å²) in [5.41, 5.74) is 1.74. The first kappa shape index (κ1) is 20.2. The molecule has 3 atom stereocenters. The number of nitrogens with zero attached hydrogens (tertiary/aromatic N) is 4. The molecule has 2 aromatic rings. The van der Waals surface area contributed by atoms with Crippen molar-refractivity contribution in [2.45, 2.75) is 45.4 Å². The number of aryl methyl sites for hydroxylation is 1. The summed E-state index contributed by atoms with van der Waals surface area (Å²) in [7, 11) is 0. The van der Waals surface area contributed by atoms with Crippen molar-refractivity contribution in [3.8, 4) is 0 Å². The van der Waals surface area contributed by atoms with E-state index in [1.54, 1.807) is 0 Å². The average molecular weight is 384 g/mol. The third-order valence-electron chi connectivity index (χ3n) is 5.01. The Morgan fingerprint density at radius 2 is 2.21 bits per heavy atom. The van der Waals surface area contributed by atoms with Gasteiger partial charge in [0, 0.05) is 25.4 Å². The molecular formula is C20H28N6O2. The van der Waals surface area contributed by atoms with Gasteiger partial charge in [0.2, 0.25) is 5.91 Å². The molecular weight excluding hydrogens is 356 g/mol. The molecule has 0 bridgehead atoms. The second kappa shape index (κ2) is 9.57. The van der Waals surface area contributed by atoms with Crippen LogP contribution in [0.15, 0.2) is 36.9 Å². The summed E-state index contributed by atoms with van der Waals surface area (Å²) in [6.07, 6.45) is 3.46. The van der Waals surface area contributed by atoms with Crippen molar-refractivity contribution in [3.63, 3.8) is 0 Å². The number of hydrogen-bond acceptors (Lipinski definition) is 6. The highest BCUT2D eigenvalue weighted by atomic mass is 16.5. The van der Waals surface area contributed by atoms with Crippen molar-refractivity contribution in [2.24, 2.45) is 5.92 Å². The SMILES string of the molecule is C=CC(=O)Nc1ccc(C(NC[C@@H]2OCC[C@@H]2C)c2nnnn2CCC)cc1. The topological polar surface area (TPSA) is 94.0 Å². The lowest BCUT2D eigenvalue weighted by molar-refractivity contribution is -0.111. The van der Waals surface area contributed by atoms with E-state index in [4.69, 9.17) is 4.74 Å². The molecule has 2 N–H and O–H groups in total. The second-order valence-corrected chi connectivity index (χ2v) is 7.09. The monoisotopic (exact) mass is 384 g/mol. The molecule has 150 valence electrons. The third kappa shape index (κ3) is 4.82. The van der Waals surface area contributed by atoms with Gasteiger partial charge in [-0.2, -0.15) is 0 Å². The Hall–Kier alpha value is -2.58. The highest BCUT2D eigenvalue weighted by Crippen LogP contribution is 2.24. The summed E-state index contributed by atoms with van der Waals surface area (Å²) in [5, 5.41) is 18.6. The Labute approximate surface area is 165 Å². The number of nitrogens with one attached hydrogen (secondary N) is 2. The van der Waals surface area contributed by atoms with Gasteiger partial charge in [-0.25, -0.2) is 4.68 Å². The van der Waals surface area contributed by atoms with Gasteiger partial charge < -0.3 is 15.4 Å². The first-order chi connectivity index (χ1) is 13.6. The van der Waals surface area contributed by atoms with Crippen LogP contribution in [0.1, 0.15) is 44.1 Å². The van der Waals surface area contributed by atoms with Crippen LogP contribution in [-0.2, 0) is 16.1 Å². The number of aromatic nitrogens is 4. The van der Waals surface area contributed by atoms with Crippen LogP contribution in [0.25, 0.3) is 0 Å². The van der Waals surface area contributed by atoms with Gasteiger partial charge in [-0.05, 0) is 53.0 Å². The first-order valence-electron chi connectivity index (χ1n) is 9.76. The van der Waals surface area contributed by atoms with Gasteiger partial charge >= 0.3 is 0 Å². The van der Waals surface area contributed by atoms with Gasteiger partial charge in [0.25, 0.3) is 0 Å². The molecule has 1 amide bonds. The van der Waals surface area contributed by atoms with Crippen LogP contribution >= 0.6 is 0 Å². The van der Waals surface area contributed by atoms with Crippen molar-refractivity contribution in [1.29, 1.82) is 0 Å². The molecule has 0 saturated carbocycles. The number of tetrazole rings is 1. The average Bonchev–Trinajstić information content (AvgIpc) is 3.33. The largest absolute Gasteiger partial charge is 0.377 e. The number of ether oxygens (including phenoxy) is 1. The first-order valence-corrected chi connectivity index (χ1v) is 9.76. The Morgan fingerprint density at radius 1 is 1.43 bits per heavy atom.